The van der Waals surface area contributed by atoms with Gasteiger partial charge in [-0.25, -0.2) is 0 Å². The Labute approximate surface area is 134 Å². The average Bonchev–Trinajstić information content (AvgIpc) is 2.65. The lowest BCUT2D eigenvalue weighted by Gasteiger charge is -2.20. The van der Waals surface area contributed by atoms with Crippen LogP contribution < -0.4 is 5.32 Å². The van der Waals surface area contributed by atoms with Crippen molar-refractivity contribution in [3.63, 3.8) is 0 Å². The maximum Gasteiger partial charge on any atom is 0.233 e. The van der Waals surface area contributed by atoms with Crippen molar-refractivity contribution in [2.24, 2.45) is 0 Å². The van der Waals surface area contributed by atoms with Crippen molar-refractivity contribution in [3.8, 4) is 0 Å². The lowest BCUT2D eigenvalue weighted by molar-refractivity contribution is -0.134. The molecule has 1 saturated heterocycles. The van der Waals surface area contributed by atoms with Crippen LogP contribution in [0.1, 0.15) is 32.1 Å². The van der Waals surface area contributed by atoms with E-state index >= 15 is 0 Å². The van der Waals surface area contributed by atoms with Crippen molar-refractivity contribution >= 4 is 40.7 Å². The second kappa shape index (κ2) is 7.66. The molecule has 21 heavy (non-hydrogen) atoms. The van der Waals surface area contributed by atoms with Gasteiger partial charge in [-0.2, -0.15) is 0 Å². The Morgan fingerprint density at radius 3 is 2.14 bits per heavy atom. The highest BCUT2D eigenvalue weighted by Crippen LogP contribution is 2.22. The molecule has 0 aromatic heterocycles. The Bertz CT molecular complexity index is 506. The molecule has 114 valence electrons. The van der Waals surface area contributed by atoms with Gasteiger partial charge in [0.15, 0.2) is 0 Å². The summed E-state index contributed by atoms with van der Waals surface area (Å²) in [5.41, 5.74) is 0.501. The van der Waals surface area contributed by atoms with E-state index in [1.165, 1.54) is 0 Å². The normalized spacial score (nSPS) is 15.4. The third kappa shape index (κ3) is 5.21. The van der Waals surface area contributed by atoms with Crippen LogP contribution >= 0.6 is 23.2 Å². The highest BCUT2D eigenvalue weighted by molar-refractivity contribution is 6.35. The summed E-state index contributed by atoms with van der Waals surface area (Å²) >= 11 is 11.7. The maximum absolute atomic E-state index is 12.1. The van der Waals surface area contributed by atoms with Crippen LogP contribution in [0.25, 0.3) is 0 Å². The summed E-state index contributed by atoms with van der Waals surface area (Å²) in [6.07, 6.45) is 4.17. The van der Waals surface area contributed by atoms with Crippen LogP contribution in [0.5, 0.6) is 0 Å². The van der Waals surface area contributed by atoms with E-state index in [4.69, 9.17) is 23.2 Å². The molecule has 0 bridgehead atoms. The van der Waals surface area contributed by atoms with Gasteiger partial charge in [0.2, 0.25) is 11.8 Å². The molecule has 0 radical (unpaired) electrons. The predicted octanol–water partition coefficient (Wildman–Crippen LogP) is 3.72. The predicted molar refractivity (Wildman–Crippen MR) is 84.8 cm³/mol. The summed E-state index contributed by atoms with van der Waals surface area (Å²) in [6.45, 7) is 1.49. The van der Waals surface area contributed by atoms with E-state index in [0.29, 0.717) is 15.7 Å². The fraction of sp³-hybridized carbons (Fsp3) is 0.467. The average molecular weight is 329 g/mol. The summed E-state index contributed by atoms with van der Waals surface area (Å²) in [4.78, 5) is 25.8. The van der Waals surface area contributed by atoms with Gasteiger partial charge in [-0.05, 0) is 31.0 Å². The minimum absolute atomic E-state index is 0.123. The zero-order valence-corrected chi connectivity index (χ0v) is 13.2. The Morgan fingerprint density at radius 2 is 1.57 bits per heavy atom. The number of rotatable bonds is 3. The van der Waals surface area contributed by atoms with Crippen molar-refractivity contribution in [2.45, 2.75) is 32.1 Å². The Morgan fingerprint density at radius 1 is 1.00 bits per heavy atom. The van der Waals surface area contributed by atoms with Gasteiger partial charge in [0.1, 0.15) is 6.42 Å². The molecule has 0 atom stereocenters. The van der Waals surface area contributed by atoms with E-state index in [-0.39, 0.29) is 18.2 Å². The molecule has 1 aliphatic heterocycles. The fourth-order valence-electron chi connectivity index (χ4n) is 2.40. The molecule has 2 rings (SSSR count). The molecule has 6 heteroatoms. The zero-order valence-electron chi connectivity index (χ0n) is 11.7. The van der Waals surface area contributed by atoms with Crippen molar-refractivity contribution in [1.29, 1.82) is 0 Å². The van der Waals surface area contributed by atoms with Crippen molar-refractivity contribution < 1.29 is 9.59 Å². The molecule has 1 fully saturated rings. The van der Waals surface area contributed by atoms with E-state index in [1.807, 2.05) is 0 Å². The number of hydrogen-bond donors (Lipinski definition) is 1. The minimum atomic E-state index is -0.345. The van der Waals surface area contributed by atoms with Gasteiger partial charge in [0, 0.05) is 28.8 Å². The minimum Gasteiger partial charge on any atom is -0.342 e. The van der Waals surface area contributed by atoms with E-state index < -0.39 is 0 Å². The van der Waals surface area contributed by atoms with E-state index in [0.717, 1.165) is 38.8 Å². The number of benzene rings is 1. The Balaban J connectivity index is 1.89. The van der Waals surface area contributed by atoms with Crippen LogP contribution in [-0.4, -0.2) is 29.8 Å². The van der Waals surface area contributed by atoms with Gasteiger partial charge in [0.05, 0.1) is 0 Å². The number of likely N-dealkylation sites (tertiary alicyclic amines) is 1. The topological polar surface area (TPSA) is 49.4 Å². The van der Waals surface area contributed by atoms with Crippen LogP contribution in [0.4, 0.5) is 5.69 Å². The molecule has 1 aromatic rings. The first-order chi connectivity index (χ1) is 10.0. The number of hydrogen-bond acceptors (Lipinski definition) is 2. The smallest absolute Gasteiger partial charge is 0.233 e. The molecular formula is C15H18Cl2N2O2. The summed E-state index contributed by atoms with van der Waals surface area (Å²) < 4.78 is 0. The second-order valence-corrected chi connectivity index (χ2v) is 6.05. The zero-order chi connectivity index (χ0) is 15.2. The lowest BCUT2D eigenvalue weighted by atomic mass is 10.2. The number of anilines is 1. The Kier molecular flexibility index (Phi) is 5.88. The molecule has 0 unspecified atom stereocenters. The highest BCUT2D eigenvalue weighted by atomic mass is 35.5. The van der Waals surface area contributed by atoms with Crippen LogP contribution in [0.15, 0.2) is 18.2 Å². The third-order valence-corrected chi connectivity index (χ3v) is 3.85. The number of carbonyl (C=O) groups excluding carboxylic acids is 2. The summed E-state index contributed by atoms with van der Waals surface area (Å²) in [5.74, 6) is -0.467. The summed E-state index contributed by atoms with van der Waals surface area (Å²) in [6, 6.07) is 4.78. The molecule has 4 nitrogen and oxygen atoms in total. The number of nitrogens with one attached hydrogen (secondary N) is 1. The van der Waals surface area contributed by atoms with Gasteiger partial charge < -0.3 is 10.2 Å². The quantitative estimate of drug-likeness (QED) is 0.859. The van der Waals surface area contributed by atoms with E-state index in [9.17, 15) is 9.59 Å². The Hall–Kier alpha value is -1.26. The lowest BCUT2D eigenvalue weighted by Crippen LogP contribution is -2.34. The molecule has 0 spiro atoms. The van der Waals surface area contributed by atoms with Crippen molar-refractivity contribution in [3.05, 3.63) is 28.2 Å². The van der Waals surface area contributed by atoms with Crippen LogP contribution in [0.2, 0.25) is 10.0 Å². The molecule has 0 aliphatic carbocycles. The first-order valence-electron chi connectivity index (χ1n) is 7.08. The van der Waals surface area contributed by atoms with Crippen molar-refractivity contribution in [2.75, 3.05) is 18.4 Å². The largest absolute Gasteiger partial charge is 0.342 e. The molecule has 1 aliphatic rings. The number of halogens is 2. The molecule has 1 aromatic carbocycles. The van der Waals surface area contributed by atoms with Crippen molar-refractivity contribution in [1.82, 2.24) is 4.90 Å². The van der Waals surface area contributed by atoms with Crippen LogP contribution in [-0.2, 0) is 9.59 Å². The highest BCUT2D eigenvalue weighted by Gasteiger charge is 2.18. The van der Waals surface area contributed by atoms with Gasteiger partial charge in [-0.3, -0.25) is 9.59 Å². The molecule has 2 amide bonds. The molecular weight excluding hydrogens is 311 g/mol. The van der Waals surface area contributed by atoms with Crippen LogP contribution in [0.3, 0.4) is 0 Å². The maximum atomic E-state index is 12.1. The van der Waals surface area contributed by atoms with Gasteiger partial charge in [-0.15, -0.1) is 0 Å². The number of carbonyl (C=O) groups is 2. The summed E-state index contributed by atoms with van der Waals surface area (Å²) in [5, 5.41) is 3.54. The number of amides is 2. The second-order valence-electron chi connectivity index (χ2n) is 5.18. The summed E-state index contributed by atoms with van der Waals surface area (Å²) in [7, 11) is 0. The van der Waals surface area contributed by atoms with Gasteiger partial charge in [0.25, 0.3) is 0 Å². The van der Waals surface area contributed by atoms with Gasteiger partial charge in [-0.1, -0.05) is 36.0 Å². The van der Waals surface area contributed by atoms with E-state index in [1.54, 1.807) is 23.1 Å². The first-order valence-corrected chi connectivity index (χ1v) is 7.84. The van der Waals surface area contributed by atoms with Crippen LogP contribution in [0, 0.1) is 0 Å². The fourth-order valence-corrected chi connectivity index (χ4v) is 2.93. The molecule has 0 saturated carbocycles. The SMILES string of the molecule is O=C(CC(=O)N1CCCCCC1)Nc1cc(Cl)cc(Cl)c1. The third-order valence-electron chi connectivity index (χ3n) is 3.42. The molecule has 1 N–H and O–H groups in total. The van der Waals surface area contributed by atoms with Gasteiger partial charge >= 0.3 is 0 Å². The first kappa shape index (κ1) is 16.1. The standard InChI is InChI=1S/C15H18Cl2N2O2/c16-11-7-12(17)9-13(8-11)18-14(20)10-15(21)19-5-3-1-2-4-6-19/h7-9H,1-6,10H2,(H,18,20). The monoisotopic (exact) mass is 328 g/mol. The number of nitrogens with zero attached hydrogens (tertiary/aromatic N) is 1. The van der Waals surface area contributed by atoms with E-state index in [2.05, 4.69) is 5.32 Å². The molecule has 1 heterocycles.